The minimum absolute atomic E-state index is 0.0140. The number of β-amino-alcohol motifs (C(OH)–C–C–N with tert-alkyl or cyclic N) is 1. The zero-order valence-corrected chi connectivity index (χ0v) is 47.5. The quantitative estimate of drug-likeness (QED) is 0.0786. The van der Waals surface area contributed by atoms with Gasteiger partial charge in [0.25, 0.3) is 0 Å². The van der Waals surface area contributed by atoms with Gasteiger partial charge >= 0.3 is 6.09 Å². The first-order valence-corrected chi connectivity index (χ1v) is 28.1. The number of thiazole rings is 1. The highest BCUT2D eigenvalue weighted by Gasteiger charge is 2.47. The number of carbonyl (C=O) groups is 8. The van der Waals surface area contributed by atoms with Crippen molar-refractivity contribution in [3.05, 3.63) is 76.4 Å². The van der Waals surface area contributed by atoms with E-state index in [1.807, 2.05) is 76.2 Å². The van der Waals surface area contributed by atoms with Gasteiger partial charge in [-0.3, -0.25) is 33.6 Å². The van der Waals surface area contributed by atoms with Gasteiger partial charge in [0.05, 0.1) is 47.5 Å². The number of benzene rings is 2. The standard InChI is InChI=1S/C57H81N9O11S/c1-34-49(78-33-60-34)40-20-18-38(19-21-40)29-59-51(71)46-28-42(68)30-65(46)54(74)50(56(4,5)6)63-48(70)13-11-10-12-37-14-16-39(17-15-37)32-76-35(2)43(23-25-47(58)69)61-52(72)45-24-22-41-26-27-64(36(3)67)31-44(53(73)66(41)45)62-55(75)77-57(7,8)9/h14-21,33,35,41-46,50,68H,10-13,22-32H2,1-9H3,(H2,58,69)(H,59,71)(H,61,72)(H,62,75)(H,63,70)/t35-,41-,42-,43+,44+,45+,46+,50-/m1/s1. The van der Waals surface area contributed by atoms with Crippen LogP contribution in [0.3, 0.4) is 0 Å². The topological polar surface area (TPSA) is 272 Å². The number of aryl methyl sites for hydroxylation is 2. The number of rotatable bonds is 21. The molecule has 426 valence electrons. The van der Waals surface area contributed by atoms with Crippen molar-refractivity contribution in [1.29, 1.82) is 0 Å². The minimum atomic E-state index is -1.15. The van der Waals surface area contributed by atoms with Gasteiger partial charge in [0.1, 0.15) is 29.8 Å². The smallest absolute Gasteiger partial charge is 0.408 e. The molecule has 0 unspecified atom stereocenters. The van der Waals surface area contributed by atoms with Gasteiger partial charge in [0, 0.05) is 51.9 Å². The minimum Gasteiger partial charge on any atom is -0.444 e. The van der Waals surface area contributed by atoms with Crippen molar-refractivity contribution in [3.8, 4) is 10.4 Å². The van der Waals surface area contributed by atoms with Crippen molar-refractivity contribution in [2.24, 2.45) is 11.1 Å². The number of amides is 8. The molecule has 8 atom stereocenters. The summed E-state index contributed by atoms with van der Waals surface area (Å²) in [6.07, 6.45) is 1.49. The molecule has 1 aromatic heterocycles. The Labute approximate surface area is 462 Å². The zero-order chi connectivity index (χ0) is 57.1. The van der Waals surface area contributed by atoms with E-state index >= 15 is 0 Å². The number of aliphatic hydroxyl groups excluding tert-OH is 1. The number of aliphatic hydroxyl groups is 1. The summed E-state index contributed by atoms with van der Waals surface area (Å²) in [6, 6.07) is 10.9. The van der Waals surface area contributed by atoms with Crippen LogP contribution >= 0.6 is 11.3 Å². The largest absolute Gasteiger partial charge is 0.444 e. The molecule has 3 aliphatic rings. The van der Waals surface area contributed by atoms with Gasteiger partial charge in [0.2, 0.25) is 41.4 Å². The second kappa shape index (κ2) is 26.9. The van der Waals surface area contributed by atoms with Crippen molar-refractivity contribution in [2.45, 2.75) is 194 Å². The molecule has 21 heteroatoms. The van der Waals surface area contributed by atoms with Gasteiger partial charge in [-0.05, 0) is 107 Å². The van der Waals surface area contributed by atoms with Gasteiger partial charge in [-0.25, -0.2) is 9.78 Å². The van der Waals surface area contributed by atoms with Crippen LogP contribution in [0.25, 0.3) is 10.4 Å². The molecule has 20 nitrogen and oxygen atoms in total. The number of nitrogens with zero attached hydrogens (tertiary/aromatic N) is 4. The summed E-state index contributed by atoms with van der Waals surface area (Å²) in [6.45, 7) is 16.5. The van der Waals surface area contributed by atoms with Crippen LogP contribution < -0.4 is 27.0 Å². The average molecular weight is 1100 g/mol. The molecule has 3 aliphatic heterocycles. The Morgan fingerprint density at radius 1 is 0.859 bits per heavy atom. The third-order valence-electron chi connectivity index (χ3n) is 14.6. The van der Waals surface area contributed by atoms with Crippen LogP contribution in [-0.2, 0) is 62.6 Å². The second-order valence-corrected chi connectivity index (χ2v) is 23.9. The fraction of sp³-hybridized carbons (Fsp3) is 0.596. The Kier molecular flexibility index (Phi) is 21.0. The summed E-state index contributed by atoms with van der Waals surface area (Å²) in [5.74, 6) is -2.76. The number of hydrogen-bond donors (Lipinski definition) is 6. The van der Waals surface area contributed by atoms with Gasteiger partial charge < -0.3 is 56.3 Å². The number of hydrogen-bond acceptors (Lipinski definition) is 13. The molecule has 78 heavy (non-hydrogen) atoms. The van der Waals surface area contributed by atoms with E-state index in [9.17, 15) is 43.5 Å². The molecule has 0 radical (unpaired) electrons. The third kappa shape index (κ3) is 17.0. The number of nitrogens with two attached hydrogens (primary N) is 1. The summed E-state index contributed by atoms with van der Waals surface area (Å²) in [5.41, 5.74) is 10.6. The van der Waals surface area contributed by atoms with Crippen molar-refractivity contribution in [2.75, 3.05) is 19.6 Å². The van der Waals surface area contributed by atoms with E-state index in [0.29, 0.717) is 45.1 Å². The molecule has 6 rings (SSSR count). The molecule has 7 N–H and O–H groups in total. The number of carbonyl (C=O) groups excluding carboxylic acids is 8. The first kappa shape index (κ1) is 60.8. The summed E-state index contributed by atoms with van der Waals surface area (Å²) < 4.78 is 11.7. The monoisotopic (exact) mass is 1100 g/mol. The van der Waals surface area contributed by atoms with E-state index in [-0.39, 0.29) is 75.7 Å². The molecule has 0 spiro atoms. The lowest BCUT2D eigenvalue weighted by molar-refractivity contribution is -0.145. The molecule has 0 bridgehead atoms. The van der Waals surface area contributed by atoms with E-state index in [2.05, 4.69) is 26.3 Å². The summed E-state index contributed by atoms with van der Waals surface area (Å²) in [7, 11) is 0. The Morgan fingerprint density at radius 2 is 1.54 bits per heavy atom. The van der Waals surface area contributed by atoms with Crippen LogP contribution in [-0.4, -0.2) is 146 Å². The third-order valence-corrected chi connectivity index (χ3v) is 15.6. The highest BCUT2D eigenvalue weighted by Crippen LogP contribution is 2.32. The molecular formula is C57H81N9O11S. The maximum absolute atomic E-state index is 14.2. The van der Waals surface area contributed by atoms with Crippen LogP contribution in [0.4, 0.5) is 4.79 Å². The maximum atomic E-state index is 14.2. The summed E-state index contributed by atoms with van der Waals surface area (Å²) in [5, 5.41) is 22.2. The molecule has 3 saturated heterocycles. The van der Waals surface area contributed by atoms with Crippen LogP contribution in [0.2, 0.25) is 0 Å². The first-order valence-electron chi connectivity index (χ1n) is 27.2. The van der Waals surface area contributed by atoms with Crippen LogP contribution in [0.1, 0.15) is 136 Å². The van der Waals surface area contributed by atoms with Gasteiger partial charge in [-0.15, -0.1) is 11.3 Å². The Hall–Kier alpha value is -6.45. The first-order chi connectivity index (χ1) is 36.8. The molecule has 2 aromatic carbocycles. The number of nitrogens with one attached hydrogen (secondary N) is 4. The van der Waals surface area contributed by atoms with E-state index in [4.69, 9.17) is 15.2 Å². The molecule has 0 aliphatic carbocycles. The van der Waals surface area contributed by atoms with Crippen LogP contribution in [0, 0.1) is 12.3 Å². The van der Waals surface area contributed by atoms with Crippen molar-refractivity contribution in [3.63, 3.8) is 0 Å². The van der Waals surface area contributed by atoms with Crippen LogP contribution in [0.15, 0.2) is 54.0 Å². The summed E-state index contributed by atoms with van der Waals surface area (Å²) in [4.78, 5) is 117. The number of likely N-dealkylation sites (tertiary alicyclic amines) is 1. The number of alkyl carbamates (subject to hydrolysis) is 1. The lowest BCUT2D eigenvalue weighted by atomic mass is 9.85. The lowest BCUT2D eigenvalue weighted by Gasteiger charge is -2.39. The number of fused-ring (bicyclic) bond motifs is 1. The molecular weight excluding hydrogens is 1020 g/mol. The van der Waals surface area contributed by atoms with E-state index in [0.717, 1.165) is 32.8 Å². The fourth-order valence-electron chi connectivity index (χ4n) is 10.3. The Bertz CT molecular complexity index is 2600. The SMILES string of the molecule is CC(=O)N1CC[C@H]2CC[C@@H](C(=O)N[C@@H](CCC(N)=O)[C@@H](C)OCc3ccc(CCCCC(=O)N[C@H](C(=O)N4C[C@H](O)C[C@H]4C(=O)NCc4ccc(-c5scnc5C)cc4)C(C)(C)C)cc3)N2C(=O)[C@@H](NC(=O)OC(C)(C)C)C1. The normalized spacial score (nSPS) is 20.9. The molecule has 4 heterocycles. The highest BCUT2D eigenvalue weighted by molar-refractivity contribution is 7.13. The van der Waals surface area contributed by atoms with Crippen LogP contribution in [0.5, 0.6) is 0 Å². The van der Waals surface area contributed by atoms with Gasteiger partial charge in [-0.1, -0.05) is 69.3 Å². The number of unbranched alkanes of at least 4 members (excludes halogenated alkanes) is 1. The van der Waals surface area contributed by atoms with Crippen molar-refractivity contribution in [1.82, 2.24) is 41.0 Å². The predicted octanol–water partition coefficient (Wildman–Crippen LogP) is 4.80. The van der Waals surface area contributed by atoms with E-state index in [1.54, 1.807) is 44.5 Å². The molecule has 8 amide bonds. The fourth-order valence-corrected chi connectivity index (χ4v) is 11.1. The maximum Gasteiger partial charge on any atom is 0.408 e. The predicted molar refractivity (Wildman–Crippen MR) is 294 cm³/mol. The Morgan fingerprint density at radius 3 is 2.17 bits per heavy atom. The molecule has 0 saturated carbocycles. The van der Waals surface area contributed by atoms with Crippen molar-refractivity contribution < 1.29 is 52.9 Å². The Balaban J connectivity index is 0.969. The second-order valence-electron chi connectivity index (χ2n) is 23.0. The van der Waals surface area contributed by atoms with Gasteiger partial charge in [0.15, 0.2) is 0 Å². The molecule has 3 fully saturated rings. The number of aromatic nitrogens is 1. The number of primary amides is 1. The lowest BCUT2D eigenvalue weighted by Crippen LogP contribution is -2.62. The number of ether oxygens (including phenoxy) is 2. The van der Waals surface area contributed by atoms with Gasteiger partial charge in [-0.2, -0.15) is 0 Å². The molecule has 3 aromatic rings. The van der Waals surface area contributed by atoms with Crippen molar-refractivity contribution >= 4 is 58.8 Å². The van der Waals surface area contributed by atoms with E-state index < -0.39 is 83.2 Å². The summed E-state index contributed by atoms with van der Waals surface area (Å²) >= 11 is 1.57. The highest BCUT2D eigenvalue weighted by atomic mass is 32.1. The van der Waals surface area contributed by atoms with E-state index in [1.165, 1.54) is 21.6 Å². The average Bonchev–Trinajstić information content (AvgIpc) is 4.12. The zero-order valence-electron chi connectivity index (χ0n) is 46.7.